The van der Waals surface area contributed by atoms with Crippen molar-refractivity contribution in [3.63, 3.8) is 0 Å². The van der Waals surface area contributed by atoms with E-state index in [1.807, 2.05) is 41.0 Å². The summed E-state index contributed by atoms with van der Waals surface area (Å²) in [4.78, 5) is 14.1. The Morgan fingerprint density at radius 1 is 0.943 bits per heavy atom. The first kappa shape index (κ1) is 22.0. The number of hydrogen-bond donors (Lipinski definition) is 0. The fourth-order valence-electron chi connectivity index (χ4n) is 5.36. The minimum absolute atomic E-state index is 0.110. The smallest absolute Gasteiger partial charge is 0.154 e. The number of methoxy groups -OCH3 is 1. The zero-order valence-corrected chi connectivity index (χ0v) is 19.8. The van der Waals surface area contributed by atoms with Crippen molar-refractivity contribution in [2.75, 3.05) is 36.5 Å². The third kappa shape index (κ3) is 4.23. The molecule has 2 aliphatic rings. The van der Waals surface area contributed by atoms with Crippen molar-refractivity contribution in [3.8, 4) is 11.4 Å². The number of halogens is 1. The van der Waals surface area contributed by atoms with E-state index in [4.69, 9.17) is 14.8 Å². The second-order valence-corrected chi connectivity index (χ2v) is 9.31. The van der Waals surface area contributed by atoms with Crippen LogP contribution in [0.1, 0.15) is 37.3 Å². The molecule has 4 aromatic rings. The van der Waals surface area contributed by atoms with E-state index in [9.17, 15) is 4.39 Å². The van der Waals surface area contributed by atoms with Crippen LogP contribution in [-0.4, -0.2) is 52.4 Å². The maximum absolute atomic E-state index is 13.9. The van der Waals surface area contributed by atoms with Gasteiger partial charge in [0.2, 0.25) is 0 Å². The Balaban J connectivity index is 1.31. The molecule has 1 aromatic carbocycles. The first-order valence-electron chi connectivity index (χ1n) is 12.3. The molecule has 2 saturated heterocycles. The van der Waals surface area contributed by atoms with Gasteiger partial charge >= 0.3 is 0 Å². The summed E-state index contributed by atoms with van der Waals surface area (Å²) < 4.78 is 21.3. The molecule has 0 unspecified atom stereocenters. The zero-order valence-electron chi connectivity index (χ0n) is 19.8. The van der Waals surface area contributed by atoms with Crippen molar-refractivity contribution in [1.29, 1.82) is 0 Å². The van der Waals surface area contributed by atoms with Gasteiger partial charge in [-0.2, -0.15) is 0 Å². The Morgan fingerprint density at radius 2 is 1.80 bits per heavy atom. The predicted octanol–water partition coefficient (Wildman–Crippen LogP) is 4.89. The number of fused-ring (bicyclic) bond motifs is 1. The summed E-state index contributed by atoms with van der Waals surface area (Å²) in [6.07, 6.45) is 6.20. The summed E-state index contributed by atoms with van der Waals surface area (Å²) in [5.74, 6) is 1.63. The summed E-state index contributed by atoms with van der Waals surface area (Å²) in [5.41, 5.74) is 3.47. The van der Waals surface area contributed by atoms with Crippen LogP contribution in [0.5, 0.6) is 0 Å². The highest BCUT2D eigenvalue weighted by atomic mass is 19.1. The molecule has 2 aliphatic heterocycles. The lowest BCUT2D eigenvalue weighted by atomic mass is 10.0. The van der Waals surface area contributed by atoms with Crippen LogP contribution >= 0.6 is 0 Å². The molecule has 0 bridgehead atoms. The molecule has 8 heteroatoms. The highest BCUT2D eigenvalue weighted by molar-refractivity contribution is 5.62. The first-order chi connectivity index (χ1) is 17.2. The number of piperidine rings is 1. The summed E-state index contributed by atoms with van der Waals surface area (Å²) in [5, 5.41) is 4.97. The zero-order chi connectivity index (χ0) is 23.8. The Labute approximate surface area is 204 Å². The first-order valence-corrected chi connectivity index (χ1v) is 12.3. The fourth-order valence-corrected chi connectivity index (χ4v) is 5.36. The Morgan fingerprint density at radius 3 is 2.63 bits per heavy atom. The Kier molecular flexibility index (Phi) is 5.82. The summed E-state index contributed by atoms with van der Waals surface area (Å²) in [7, 11) is 1.79. The van der Waals surface area contributed by atoms with Crippen molar-refractivity contribution in [3.05, 3.63) is 72.2 Å². The molecule has 0 radical (unpaired) electrons. The molecule has 0 spiro atoms. The van der Waals surface area contributed by atoms with Crippen molar-refractivity contribution < 1.29 is 9.13 Å². The van der Waals surface area contributed by atoms with Gasteiger partial charge in [-0.1, -0.05) is 18.2 Å². The number of benzene rings is 1. The van der Waals surface area contributed by atoms with Gasteiger partial charge in [-0.05, 0) is 67.6 Å². The molecule has 3 aromatic heterocycles. The quantitative estimate of drug-likeness (QED) is 0.412. The molecule has 180 valence electrons. The van der Waals surface area contributed by atoms with Crippen LogP contribution in [0.2, 0.25) is 0 Å². The third-order valence-corrected chi connectivity index (χ3v) is 7.22. The molecule has 1 atom stereocenters. The Bertz CT molecular complexity index is 1330. The van der Waals surface area contributed by atoms with Crippen LogP contribution in [0.25, 0.3) is 17.0 Å². The molecule has 2 fully saturated rings. The molecular weight excluding hydrogens is 443 g/mol. The number of rotatable bonds is 5. The van der Waals surface area contributed by atoms with Crippen LogP contribution in [-0.2, 0) is 4.74 Å². The average molecular weight is 473 g/mol. The van der Waals surface area contributed by atoms with E-state index < -0.39 is 0 Å². The van der Waals surface area contributed by atoms with Crippen molar-refractivity contribution in [1.82, 2.24) is 19.6 Å². The van der Waals surface area contributed by atoms with Gasteiger partial charge in [0.1, 0.15) is 23.1 Å². The van der Waals surface area contributed by atoms with Crippen LogP contribution in [0, 0.1) is 5.82 Å². The summed E-state index contributed by atoms with van der Waals surface area (Å²) in [6.45, 7) is 2.75. The molecule has 0 amide bonds. The maximum Gasteiger partial charge on any atom is 0.154 e. The highest BCUT2D eigenvalue weighted by Gasteiger charge is 2.28. The van der Waals surface area contributed by atoms with Crippen LogP contribution < -0.4 is 9.80 Å². The number of nitrogens with zero attached hydrogens (tertiary/aromatic N) is 6. The van der Waals surface area contributed by atoms with Gasteiger partial charge in [-0.3, -0.25) is 0 Å². The lowest BCUT2D eigenvalue weighted by Crippen LogP contribution is -2.37. The van der Waals surface area contributed by atoms with Crippen LogP contribution in [0.3, 0.4) is 0 Å². The van der Waals surface area contributed by atoms with Gasteiger partial charge in [0.25, 0.3) is 0 Å². The van der Waals surface area contributed by atoms with Gasteiger partial charge in [0, 0.05) is 26.7 Å². The number of ether oxygens (including phenoxy) is 1. The molecule has 6 rings (SSSR count). The molecule has 0 N–H and O–H groups in total. The average Bonchev–Trinajstić information content (AvgIpc) is 3.56. The van der Waals surface area contributed by atoms with E-state index in [1.165, 1.54) is 6.07 Å². The van der Waals surface area contributed by atoms with Gasteiger partial charge in [0.05, 0.1) is 24.0 Å². The molecule has 5 heterocycles. The minimum atomic E-state index is -0.202. The topological polar surface area (TPSA) is 58.8 Å². The second kappa shape index (κ2) is 9.26. The molecular formula is C27H29FN6O. The van der Waals surface area contributed by atoms with Crippen LogP contribution in [0.4, 0.5) is 16.0 Å². The molecule has 0 aliphatic carbocycles. The van der Waals surface area contributed by atoms with Gasteiger partial charge in [0.15, 0.2) is 5.65 Å². The van der Waals surface area contributed by atoms with Gasteiger partial charge in [-0.15, -0.1) is 5.10 Å². The lowest BCUT2D eigenvalue weighted by molar-refractivity contribution is 0.0818. The fraction of sp³-hybridized carbons (Fsp3) is 0.370. The maximum atomic E-state index is 13.9. The van der Waals surface area contributed by atoms with E-state index in [2.05, 4.69) is 20.9 Å². The lowest BCUT2D eigenvalue weighted by Gasteiger charge is -2.32. The number of anilines is 2. The van der Waals surface area contributed by atoms with E-state index >= 15 is 0 Å². The van der Waals surface area contributed by atoms with E-state index in [-0.39, 0.29) is 11.9 Å². The SMILES string of the molecule is COC1CCN(c2cccc(-c3cnc4ccc(N5CCC[C@@H]5c5cccc(F)c5)nn34)n2)CC1. The number of hydrogen-bond acceptors (Lipinski definition) is 6. The molecule has 0 saturated carbocycles. The van der Waals surface area contributed by atoms with E-state index in [0.717, 1.165) is 79.6 Å². The number of imidazole rings is 1. The predicted molar refractivity (Wildman–Crippen MR) is 134 cm³/mol. The highest BCUT2D eigenvalue weighted by Crippen LogP contribution is 2.35. The second-order valence-electron chi connectivity index (χ2n) is 9.31. The molecule has 7 nitrogen and oxygen atoms in total. The third-order valence-electron chi connectivity index (χ3n) is 7.22. The van der Waals surface area contributed by atoms with E-state index in [1.54, 1.807) is 19.2 Å². The number of pyridine rings is 1. The van der Waals surface area contributed by atoms with E-state index in [0.29, 0.717) is 6.10 Å². The van der Waals surface area contributed by atoms with Crippen molar-refractivity contribution in [2.24, 2.45) is 0 Å². The largest absolute Gasteiger partial charge is 0.381 e. The summed E-state index contributed by atoms with van der Waals surface area (Å²) >= 11 is 0. The van der Waals surface area contributed by atoms with Gasteiger partial charge < -0.3 is 14.5 Å². The molecule has 35 heavy (non-hydrogen) atoms. The standard InChI is InChI=1S/C27H29FN6O/c1-35-21-12-15-32(16-13-21)26-9-3-7-22(30-26)24-18-29-25-10-11-27(31-34(24)25)33-14-4-8-23(33)19-5-2-6-20(28)17-19/h2-3,5-7,9-11,17-18,21,23H,4,8,12-16H2,1H3/t23-/m1/s1. The van der Waals surface area contributed by atoms with Crippen LogP contribution in [0.15, 0.2) is 60.8 Å². The monoisotopic (exact) mass is 472 g/mol. The Hall–Kier alpha value is -3.52. The van der Waals surface area contributed by atoms with Crippen molar-refractivity contribution >= 4 is 17.3 Å². The van der Waals surface area contributed by atoms with Crippen molar-refractivity contribution in [2.45, 2.75) is 37.8 Å². The number of aromatic nitrogens is 4. The normalized spacial score (nSPS) is 19.1. The minimum Gasteiger partial charge on any atom is -0.381 e. The van der Waals surface area contributed by atoms with Gasteiger partial charge in [-0.25, -0.2) is 18.9 Å². The summed E-state index contributed by atoms with van der Waals surface area (Å²) in [6, 6.07) is 17.1.